The maximum atomic E-state index is 10.3. The Morgan fingerprint density at radius 3 is 2.50 bits per heavy atom. The minimum Gasteiger partial charge on any atom is -0.457 e. The molecule has 4 heteroatoms. The third kappa shape index (κ3) is 4.96. The predicted molar refractivity (Wildman–Crippen MR) is 32.3 cm³/mol. The van der Waals surface area contributed by atoms with E-state index in [1.807, 2.05) is 0 Å². The third-order valence-electron chi connectivity index (χ3n) is 0.686. The number of hydrogen-bond donors (Lipinski definition) is 0. The van der Waals surface area contributed by atoms with Gasteiger partial charge < -0.3 is 9.53 Å². The zero-order valence-electron chi connectivity index (χ0n) is 5.62. The molecule has 0 spiro atoms. The molecule has 0 aromatic carbocycles. The van der Waals surface area contributed by atoms with Crippen molar-refractivity contribution in [2.24, 2.45) is 0 Å². The van der Waals surface area contributed by atoms with Gasteiger partial charge in [-0.2, -0.15) is 0 Å². The summed E-state index contributed by atoms with van der Waals surface area (Å²) >= 11 is 0. The van der Waals surface area contributed by atoms with Gasteiger partial charge in [-0.1, -0.05) is 0 Å². The summed E-state index contributed by atoms with van der Waals surface area (Å²) in [6, 6.07) is 0. The first-order valence-electron chi connectivity index (χ1n) is 2.75. The van der Waals surface area contributed by atoms with Crippen molar-refractivity contribution in [2.45, 2.75) is 13.3 Å². The van der Waals surface area contributed by atoms with Crippen molar-refractivity contribution in [2.75, 3.05) is 6.61 Å². The van der Waals surface area contributed by atoms with Crippen LogP contribution in [0.2, 0.25) is 0 Å². The molecule has 0 aliphatic carbocycles. The van der Waals surface area contributed by atoms with Crippen LogP contribution in [-0.4, -0.2) is 24.6 Å². The number of rotatable bonds is 4. The Labute approximate surface area is 58.2 Å². The molecule has 0 aliphatic heterocycles. The van der Waals surface area contributed by atoms with Gasteiger partial charge >= 0.3 is 5.97 Å². The zero-order valence-corrected chi connectivity index (χ0v) is 5.62. The number of Topliss-reactive ketones (excluding diaryl/α,β-unsaturated/α-hetero) is 1. The van der Waals surface area contributed by atoms with Gasteiger partial charge in [-0.3, -0.25) is 9.59 Å². The van der Waals surface area contributed by atoms with Crippen molar-refractivity contribution in [1.82, 2.24) is 0 Å². The zero-order chi connectivity index (χ0) is 7.98. The van der Waals surface area contributed by atoms with E-state index in [9.17, 15) is 14.4 Å². The van der Waals surface area contributed by atoms with Crippen LogP contribution < -0.4 is 0 Å². The molecule has 0 saturated heterocycles. The number of carbonyl (C=O) groups is 3. The van der Waals surface area contributed by atoms with Gasteiger partial charge in [0.25, 0.3) is 0 Å². The molecule has 0 N–H and O–H groups in total. The molecule has 0 radical (unpaired) electrons. The molecular formula is C6H8O4. The maximum absolute atomic E-state index is 10.3. The molecular weight excluding hydrogens is 136 g/mol. The second kappa shape index (κ2) is 4.67. The minimum absolute atomic E-state index is 0.237. The van der Waals surface area contributed by atoms with Gasteiger partial charge in [0, 0.05) is 0 Å². The molecule has 0 rings (SSSR count). The monoisotopic (exact) mass is 144 g/mol. The Morgan fingerprint density at radius 2 is 2.10 bits per heavy atom. The number of aldehydes is 1. The Hall–Kier alpha value is -1.19. The molecule has 0 unspecified atom stereocenters. The van der Waals surface area contributed by atoms with Gasteiger partial charge in [-0.05, 0) is 6.92 Å². The summed E-state index contributed by atoms with van der Waals surface area (Å²) in [6.07, 6.45) is 0.149. The highest BCUT2D eigenvalue weighted by Gasteiger charge is 2.01. The Morgan fingerprint density at radius 1 is 1.50 bits per heavy atom. The largest absolute Gasteiger partial charge is 0.457 e. The summed E-state index contributed by atoms with van der Waals surface area (Å²) in [5.41, 5.74) is 0. The summed E-state index contributed by atoms with van der Waals surface area (Å²) in [4.78, 5) is 30.2. The van der Waals surface area contributed by atoms with Crippen molar-refractivity contribution >= 4 is 18.0 Å². The van der Waals surface area contributed by atoms with E-state index in [4.69, 9.17) is 0 Å². The van der Waals surface area contributed by atoms with E-state index in [0.29, 0.717) is 6.29 Å². The summed E-state index contributed by atoms with van der Waals surface area (Å²) in [5, 5.41) is 0. The molecule has 0 bridgehead atoms. The standard InChI is InChI=1S/C6H8O4/c1-5(8)4-10-6(9)2-3-7/h3H,2,4H2,1H3. The second-order valence-corrected chi connectivity index (χ2v) is 1.73. The molecule has 4 nitrogen and oxygen atoms in total. The van der Waals surface area contributed by atoms with Crippen LogP contribution in [0, 0.1) is 0 Å². The van der Waals surface area contributed by atoms with Crippen molar-refractivity contribution in [3.05, 3.63) is 0 Å². The Bertz CT molecular complexity index is 150. The number of carbonyl (C=O) groups excluding carboxylic acids is 3. The van der Waals surface area contributed by atoms with E-state index in [1.54, 1.807) is 0 Å². The Balaban J connectivity index is 3.39. The van der Waals surface area contributed by atoms with Crippen LogP contribution in [0.3, 0.4) is 0 Å². The maximum Gasteiger partial charge on any atom is 0.313 e. The SMILES string of the molecule is CC(=O)COC(=O)CC=O. The van der Waals surface area contributed by atoms with Gasteiger partial charge in [0.1, 0.15) is 19.3 Å². The van der Waals surface area contributed by atoms with E-state index >= 15 is 0 Å². The van der Waals surface area contributed by atoms with Crippen molar-refractivity contribution < 1.29 is 19.1 Å². The summed E-state index contributed by atoms with van der Waals surface area (Å²) in [7, 11) is 0. The topological polar surface area (TPSA) is 60.4 Å². The van der Waals surface area contributed by atoms with Gasteiger partial charge in [0.15, 0.2) is 5.78 Å². The average Bonchev–Trinajstić information content (AvgIpc) is 1.85. The first kappa shape index (κ1) is 8.81. The summed E-state index contributed by atoms with van der Waals surface area (Å²) < 4.78 is 4.32. The quantitative estimate of drug-likeness (QED) is 0.309. The van der Waals surface area contributed by atoms with Crippen molar-refractivity contribution in [3.8, 4) is 0 Å². The van der Waals surface area contributed by atoms with Gasteiger partial charge in [0.2, 0.25) is 0 Å². The smallest absolute Gasteiger partial charge is 0.313 e. The lowest BCUT2D eigenvalue weighted by Crippen LogP contribution is -2.10. The van der Waals surface area contributed by atoms with Crippen LogP contribution in [0.4, 0.5) is 0 Å². The molecule has 0 fully saturated rings. The molecule has 0 heterocycles. The highest BCUT2D eigenvalue weighted by Crippen LogP contribution is 1.82. The lowest BCUT2D eigenvalue weighted by molar-refractivity contribution is -0.148. The molecule has 56 valence electrons. The average molecular weight is 144 g/mol. The van der Waals surface area contributed by atoms with Gasteiger partial charge in [-0.15, -0.1) is 0 Å². The second-order valence-electron chi connectivity index (χ2n) is 1.73. The highest BCUT2D eigenvalue weighted by atomic mass is 16.5. The van der Waals surface area contributed by atoms with Crippen LogP contribution in [0.25, 0.3) is 0 Å². The number of hydrogen-bond acceptors (Lipinski definition) is 4. The van der Waals surface area contributed by atoms with Crippen LogP contribution in [0.5, 0.6) is 0 Å². The molecule has 0 atom stereocenters. The minimum atomic E-state index is -0.662. The number of ketones is 1. The molecule has 0 amide bonds. The van der Waals surface area contributed by atoms with Gasteiger partial charge in [-0.25, -0.2) is 0 Å². The predicted octanol–water partition coefficient (Wildman–Crippen LogP) is -0.292. The molecule has 0 saturated carbocycles. The first-order valence-corrected chi connectivity index (χ1v) is 2.75. The van der Waals surface area contributed by atoms with Crippen LogP contribution >= 0.6 is 0 Å². The van der Waals surface area contributed by atoms with Crippen LogP contribution in [-0.2, 0) is 19.1 Å². The fraction of sp³-hybridized carbons (Fsp3) is 0.500. The number of ether oxygens (including phenoxy) is 1. The van der Waals surface area contributed by atoms with Crippen molar-refractivity contribution in [1.29, 1.82) is 0 Å². The third-order valence-corrected chi connectivity index (χ3v) is 0.686. The van der Waals surface area contributed by atoms with Crippen LogP contribution in [0.1, 0.15) is 13.3 Å². The number of esters is 1. The van der Waals surface area contributed by atoms with Crippen LogP contribution in [0.15, 0.2) is 0 Å². The summed E-state index contributed by atoms with van der Waals surface area (Å²) in [5.74, 6) is -0.899. The Kier molecular flexibility index (Phi) is 4.11. The van der Waals surface area contributed by atoms with E-state index in [2.05, 4.69) is 4.74 Å². The van der Waals surface area contributed by atoms with E-state index in [0.717, 1.165) is 0 Å². The lowest BCUT2D eigenvalue weighted by atomic mass is 10.4. The normalized spacial score (nSPS) is 8.50. The van der Waals surface area contributed by atoms with Crippen molar-refractivity contribution in [3.63, 3.8) is 0 Å². The molecule has 0 aromatic rings. The van der Waals surface area contributed by atoms with E-state index in [1.165, 1.54) is 6.92 Å². The molecule has 0 aliphatic rings. The lowest BCUT2D eigenvalue weighted by Gasteiger charge is -1.96. The first-order chi connectivity index (χ1) is 4.66. The van der Waals surface area contributed by atoms with E-state index in [-0.39, 0.29) is 18.8 Å². The fourth-order valence-corrected chi connectivity index (χ4v) is 0.309. The summed E-state index contributed by atoms with van der Waals surface area (Å²) in [6.45, 7) is 1.06. The molecule has 10 heavy (non-hydrogen) atoms. The molecule has 0 aromatic heterocycles. The van der Waals surface area contributed by atoms with Gasteiger partial charge in [0.05, 0.1) is 0 Å². The van der Waals surface area contributed by atoms with E-state index < -0.39 is 5.97 Å². The highest BCUT2D eigenvalue weighted by molar-refractivity contribution is 5.86. The fourth-order valence-electron chi connectivity index (χ4n) is 0.309.